The van der Waals surface area contributed by atoms with E-state index in [0.29, 0.717) is 17.9 Å². The first-order valence-corrected chi connectivity index (χ1v) is 8.58. The van der Waals surface area contributed by atoms with E-state index in [1.807, 2.05) is 0 Å². The molecule has 9 heteroatoms. The molecule has 1 atom stereocenters. The third-order valence-corrected chi connectivity index (χ3v) is 4.63. The van der Waals surface area contributed by atoms with Crippen LogP contribution in [0.15, 0.2) is 22.7 Å². The molecule has 1 aliphatic heterocycles. The number of imidazole rings is 1. The zero-order valence-electron chi connectivity index (χ0n) is 14.3. The van der Waals surface area contributed by atoms with Gasteiger partial charge in [-0.05, 0) is 37.6 Å². The third kappa shape index (κ3) is 3.17. The predicted octanol–water partition coefficient (Wildman–Crippen LogP) is 2.17. The first-order valence-electron chi connectivity index (χ1n) is 8.58. The average molecular weight is 358 g/mol. The summed E-state index contributed by atoms with van der Waals surface area (Å²) in [5.74, 6) is 0.522. The average Bonchev–Trinajstić information content (AvgIpc) is 3.28. The molecule has 136 valence electrons. The van der Waals surface area contributed by atoms with Crippen LogP contribution in [-0.4, -0.2) is 44.5 Å². The van der Waals surface area contributed by atoms with Gasteiger partial charge in [-0.15, -0.1) is 0 Å². The van der Waals surface area contributed by atoms with E-state index in [1.165, 1.54) is 19.2 Å². The molecule has 0 unspecified atom stereocenters. The molecule has 8 nitrogen and oxygen atoms in total. The monoisotopic (exact) mass is 358 g/mol. The van der Waals surface area contributed by atoms with Crippen molar-refractivity contribution in [2.75, 3.05) is 13.6 Å². The molecule has 3 aromatic rings. The van der Waals surface area contributed by atoms with Gasteiger partial charge in [0, 0.05) is 7.05 Å². The van der Waals surface area contributed by atoms with Gasteiger partial charge in [0.2, 0.25) is 0 Å². The molecular weight excluding hydrogens is 339 g/mol. The maximum Gasteiger partial charge on any atom is 0.315 e. The highest BCUT2D eigenvalue weighted by molar-refractivity contribution is 5.89. The predicted molar refractivity (Wildman–Crippen MR) is 90.7 cm³/mol. The first-order chi connectivity index (χ1) is 12.6. The van der Waals surface area contributed by atoms with Crippen molar-refractivity contribution in [3.05, 3.63) is 41.6 Å². The number of halogens is 1. The van der Waals surface area contributed by atoms with Gasteiger partial charge in [0.1, 0.15) is 11.6 Å². The van der Waals surface area contributed by atoms with Gasteiger partial charge in [0.05, 0.1) is 23.6 Å². The summed E-state index contributed by atoms with van der Waals surface area (Å²) >= 11 is 0. The fourth-order valence-corrected chi connectivity index (χ4v) is 3.35. The molecule has 1 amide bonds. The van der Waals surface area contributed by atoms with E-state index in [-0.39, 0.29) is 17.7 Å². The van der Waals surface area contributed by atoms with Gasteiger partial charge >= 0.3 is 11.8 Å². The van der Waals surface area contributed by atoms with Crippen molar-refractivity contribution in [3.8, 4) is 0 Å². The summed E-state index contributed by atoms with van der Waals surface area (Å²) in [5.41, 5.74) is 1.43. The van der Waals surface area contributed by atoms with Crippen molar-refractivity contribution >= 4 is 16.9 Å². The topological polar surface area (TPSA) is 99.9 Å². The number of carbonyl (C=O) groups excluding carboxylic acids is 1. The number of likely N-dealkylation sites (tertiary alicyclic amines) is 1. The Hall–Kier alpha value is -2.81. The number of hydrogen-bond acceptors (Lipinski definition) is 6. The summed E-state index contributed by atoms with van der Waals surface area (Å²) in [6, 6.07) is 4.59. The van der Waals surface area contributed by atoms with Crippen molar-refractivity contribution < 1.29 is 13.7 Å². The summed E-state index contributed by atoms with van der Waals surface area (Å²) in [6.07, 6.45) is 3.08. The number of amides is 1. The van der Waals surface area contributed by atoms with Crippen LogP contribution in [0.1, 0.15) is 47.6 Å². The van der Waals surface area contributed by atoms with Crippen molar-refractivity contribution in [1.82, 2.24) is 30.3 Å². The zero-order valence-corrected chi connectivity index (χ0v) is 14.3. The number of carbonyl (C=O) groups is 1. The lowest BCUT2D eigenvalue weighted by molar-refractivity contribution is 0.0919. The fraction of sp³-hybridized carbons (Fsp3) is 0.412. The summed E-state index contributed by atoms with van der Waals surface area (Å²) in [4.78, 5) is 25.8. The molecule has 1 aromatic carbocycles. The van der Waals surface area contributed by atoms with Crippen LogP contribution in [0.2, 0.25) is 0 Å². The zero-order chi connectivity index (χ0) is 18.1. The number of benzene rings is 1. The maximum absolute atomic E-state index is 13.4. The number of fused-ring (bicyclic) bond motifs is 1. The Labute approximate surface area is 148 Å². The van der Waals surface area contributed by atoms with E-state index in [0.717, 1.165) is 37.1 Å². The van der Waals surface area contributed by atoms with Crippen molar-refractivity contribution in [3.63, 3.8) is 0 Å². The minimum atomic E-state index is -0.404. The normalized spacial score (nSPS) is 18.3. The molecule has 3 heterocycles. The fourth-order valence-electron chi connectivity index (χ4n) is 3.35. The molecule has 1 fully saturated rings. The molecule has 2 N–H and O–H groups in total. The van der Waals surface area contributed by atoms with E-state index >= 15 is 0 Å². The van der Waals surface area contributed by atoms with Crippen LogP contribution in [-0.2, 0) is 6.54 Å². The van der Waals surface area contributed by atoms with Crippen LogP contribution in [0.3, 0.4) is 0 Å². The Bertz CT molecular complexity index is 936. The molecule has 2 aromatic heterocycles. The van der Waals surface area contributed by atoms with Crippen LogP contribution in [0.4, 0.5) is 4.39 Å². The lowest BCUT2D eigenvalue weighted by atomic mass is 10.0. The standard InChI is InChI=1S/C17H19FN6O2/c1-19-16(25)17-22-14(23-26-17)9-24-7-3-2-4-13(24)15-20-11-6-5-10(18)8-12(11)21-15/h5-6,8,13H,2-4,7,9H2,1H3,(H,19,25)(H,20,21)/t13-/m1/s1. The Morgan fingerprint density at radius 1 is 1.42 bits per heavy atom. The Morgan fingerprint density at radius 2 is 2.31 bits per heavy atom. The molecule has 0 radical (unpaired) electrons. The number of aromatic nitrogens is 4. The largest absolute Gasteiger partial charge is 0.351 e. The highest BCUT2D eigenvalue weighted by Gasteiger charge is 2.28. The van der Waals surface area contributed by atoms with E-state index < -0.39 is 5.91 Å². The van der Waals surface area contributed by atoms with E-state index in [1.54, 1.807) is 6.07 Å². The Kier molecular flexibility index (Phi) is 4.37. The summed E-state index contributed by atoms with van der Waals surface area (Å²) in [6.45, 7) is 1.32. The van der Waals surface area contributed by atoms with Crippen LogP contribution < -0.4 is 5.32 Å². The van der Waals surface area contributed by atoms with Crippen LogP contribution in [0.5, 0.6) is 0 Å². The molecule has 4 rings (SSSR count). The second kappa shape index (κ2) is 6.83. The number of nitrogens with one attached hydrogen (secondary N) is 2. The number of nitrogens with zero attached hydrogens (tertiary/aromatic N) is 4. The van der Waals surface area contributed by atoms with E-state index in [9.17, 15) is 9.18 Å². The van der Waals surface area contributed by atoms with Crippen molar-refractivity contribution in [2.45, 2.75) is 31.8 Å². The summed E-state index contributed by atoms with van der Waals surface area (Å²) in [7, 11) is 1.51. The van der Waals surface area contributed by atoms with E-state index in [2.05, 4.69) is 30.3 Å². The second-order valence-corrected chi connectivity index (χ2v) is 6.36. The number of rotatable bonds is 4. The second-order valence-electron chi connectivity index (χ2n) is 6.36. The first kappa shape index (κ1) is 16.6. The molecule has 0 bridgehead atoms. The van der Waals surface area contributed by atoms with Gasteiger partial charge in [0.25, 0.3) is 0 Å². The van der Waals surface area contributed by atoms with Gasteiger partial charge in [-0.25, -0.2) is 9.37 Å². The number of piperidine rings is 1. The number of aromatic amines is 1. The lowest BCUT2D eigenvalue weighted by Gasteiger charge is -2.33. The molecule has 0 spiro atoms. The SMILES string of the molecule is CNC(=O)c1nc(CN2CCCC[C@@H]2c2nc3ccc(F)cc3[nH]2)no1. The van der Waals surface area contributed by atoms with Crippen LogP contribution in [0, 0.1) is 5.82 Å². The van der Waals surface area contributed by atoms with Gasteiger partial charge in [-0.1, -0.05) is 11.6 Å². The minimum Gasteiger partial charge on any atom is -0.351 e. The van der Waals surface area contributed by atoms with Gasteiger partial charge in [-0.3, -0.25) is 9.69 Å². The van der Waals surface area contributed by atoms with Crippen molar-refractivity contribution in [1.29, 1.82) is 0 Å². The molecule has 0 aliphatic carbocycles. The molecular formula is C17H19FN6O2. The highest BCUT2D eigenvalue weighted by atomic mass is 19.1. The Balaban J connectivity index is 1.57. The molecule has 26 heavy (non-hydrogen) atoms. The number of hydrogen-bond donors (Lipinski definition) is 2. The van der Waals surface area contributed by atoms with Crippen LogP contribution >= 0.6 is 0 Å². The molecule has 0 saturated carbocycles. The van der Waals surface area contributed by atoms with Gasteiger partial charge in [-0.2, -0.15) is 4.98 Å². The maximum atomic E-state index is 13.4. The molecule has 1 saturated heterocycles. The van der Waals surface area contributed by atoms with Gasteiger partial charge in [0.15, 0.2) is 5.82 Å². The number of H-pyrrole nitrogens is 1. The third-order valence-electron chi connectivity index (χ3n) is 4.63. The molecule has 1 aliphatic rings. The summed E-state index contributed by atoms with van der Waals surface area (Å²) in [5, 5.41) is 6.35. The van der Waals surface area contributed by atoms with Crippen LogP contribution in [0.25, 0.3) is 11.0 Å². The Morgan fingerprint density at radius 3 is 3.15 bits per heavy atom. The van der Waals surface area contributed by atoms with Crippen molar-refractivity contribution in [2.24, 2.45) is 0 Å². The quantitative estimate of drug-likeness (QED) is 0.741. The highest BCUT2D eigenvalue weighted by Crippen LogP contribution is 2.31. The van der Waals surface area contributed by atoms with E-state index in [4.69, 9.17) is 4.52 Å². The minimum absolute atomic E-state index is 0.0460. The lowest BCUT2D eigenvalue weighted by Crippen LogP contribution is -2.34. The smallest absolute Gasteiger partial charge is 0.315 e. The summed E-state index contributed by atoms with van der Waals surface area (Å²) < 4.78 is 18.4. The van der Waals surface area contributed by atoms with Gasteiger partial charge < -0.3 is 14.8 Å².